The number of thiazole rings is 1. The van der Waals surface area contributed by atoms with Gasteiger partial charge in [0, 0.05) is 16.6 Å². The summed E-state index contributed by atoms with van der Waals surface area (Å²) < 4.78 is 3.09. The molecule has 2 amide bonds. The number of aryl methyl sites for hydroxylation is 2. The van der Waals surface area contributed by atoms with Crippen LogP contribution in [0.3, 0.4) is 0 Å². The Morgan fingerprint density at radius 2 is 1.65 bits per heavy atom. The summed E-state index contributed by atoms with van der Waals surface area (Å²) in [4.78, 5) is 61.7. The molecule has 0 radical (unpaired) electrons. The second-order valence-electron chi connectivity index (χ2n) is 10.9. The molecule has 7 rings (SSSR count). The molecule has 1 aliphatic rings. The highest BCUT2D eigenvalue weighted by atomic mass is 32.2. The Morgan fingerprint density at radius 3 is 2.48 bits per heavy atom. The SMILES string of the molecule is O=C(CSc1nc2sc3c(c2c(=O)n1-c1ccccc1)CCCC3)Nc1ccc2nc(SCC(=O)Nc3ccccc3[N+](=O)[O-])sc2c1. The smallest absolute Gasteiger partial charge is 0.292 e. The van der Waals surface area contributed by atoms with Crippen molar-refractivity contribution in [2.45, 2.75) is 35.2 Å². The van der Waals surface area contributed by atoms with Crippen LogP contribution in [-0.2, 0) is 22.4 Å². The van der Waals surface area contributed by atoms with Gasteiger partial charge >= 0.3 is 0 Å². The van der Waals surface area contributed by atoms with Crippen LogP contribution >= 0.6 is 46.2 Å². The number of thiophene rings is 1. The first kappa shape index (κ1) is 32.0. The molecule has 3 aromatic carbocycles. The van der Waals surface area contributed by atoms with Crippen LogP contribution in [0.2, 0.25) is 0 Å². The molecular formula is C33H26N6O5S4. The van der Waals surface area contributed by atoms with Crippen LogP contribution in [0.4, 0.5) is 17.1 Å². The largest absolute Gasteiger partial charge is 0.325 e. The Morgan fingerprint density at radius 1 is 0.896 bits per heavy atom. The van der Waals surface area contributed by atoms with Crippen molar-refractivity contribution in [3.8, 4) is 5.69 Å². The molecule has 0 aliphatic heterocycles. The maximum absolute atomic E-state index is 13.9. The van der Waals surface area contributed by atoms with Crippen LogP contribution in [0, 0.1) is 10.1 Å². The van der Waals surface area contributed by atoms with Crippen molar-refractivity contribution in [3.63, 3.8) is 0 Å². The lowest BCUT2D eigenvalue weighted by Crippen LogP contribution is -2.23. The van der Waals surface area contributed by atoms with Gasteiger partial charge < -0.3 is 10.6 Å². The third kappa shape index (κ3) is 6.71. The van der Waals surface area contributed by atoms with Crippen molar-refractivity contribution >= 4 is 95.5 Å². The number of carbonyl (C=O) groups excluding carboxylic acids is 2. The van der Waals surface area contributed by atoms with Crippen LogP contribution in [0.25, 0.3) is 26.1 Å². The van der Waals surface area contributed by atoms with E-state index in [1.165, 1.54) is 57.9 Å². The van der Waals surface area contributed by atoms with Gasteiger partial charge in [0.05, 0.1) is 37.7 Å². The zero-order valence-electron chi connectivity index (χ0n) is 25.1. The van der Waals surface area contributed by atoms with Crippen molar-refractivity contribution in [2.75, 3.05) is 22.1 Å². The van der Waals surface area contributed by atoms with E-state index in [4.69, 9.17) is 4.98 Å². The number of nitro benzene ring substituents is 1. The Hall–Kier alpha value is -4.57. The van der Waals surface area contributed by atoms with E-state index in [0.717, 1.165) is 46.3 Å². The molecule has 11 nitrogen and oxygen atoms in total. The Bertz CT molecular complexity index is 2270. The van der Waals surface area contributed by atoms with E-state index < -0.39 is 4.92 Å². The fraction of sp³-hybridized carbons (Fsp3) is 0.182. The number of para-hydroxylation sites is 3. The molecule has 0 saturated heterocycles. The number of anilines is 2. The van der Waals surface area contributed by atoms with Gasteiger partial charge in [0.25, 0.3) is 11.2 Å². The van der Waals surface area contributed by atoms with Crippen molar-refractivity contribution in [3.05, 3.63) is 104 Å². The predicted octanol–water partition coefficient (Wildman–Crippen LogP) is 7.31. The van der Waals surface area contributed by atoms with E-state index in [1.54, 1.807) is 34.1 Å². The average molecular weight is 715 g/mol. The van der Waals surface area contributed by atoms with Crippen molar-refractivity contribution < 1.29 is 14.5 Å². The first-order chi connectivity index (χ1) is 23.3. The van der Waals surface area contributed by atoms with E-state index in [2.05, 4.69) is 15.6 Å². The number of carbonyl (C=O) groups is 2. The summed E-state index contributed by atoms with van der Waals surface area (Å²) in [6.45, 7) is 0. The van der Waals surface area contributed by atoms with E-state index in [9.17, 15) is 24.5 Å². The number of rotatable bonds is 10. The maximum atomic E-state index is 13.9. The maximum Gasteiger partial charge on any atom is 0.292 e. The first-order valence-corrected chi connectivity index (χ1v) is 18.6. The molecule has 6 aromatic rings. The van der Waals surface area contributed by atoms with Gasteiger partial charge in [0.15, 0.2) is 9.50 Å². The molecule has 242 valence electrons. The number of amides is 2. The van der Waals surface area contributed by atoms with Gasteiger partial charge in [-0.1, -0.05) is 53.9 Å². The molecule has 0 bridgehead atoms. The minimum Gasteiger partial charge on any atom is -0.325 e. The van der Waals surface area contributed by atoms with Crippen LogP contribution in [-0.4, -0.2) is 42.8 Å². The number of benzene rings is 3. The monoisotopic (exact) mass is 714 g/mol. The molecule has 48 heavy (non-hydrogen) atoms. The quantitative estimate of drug-likeness (QED) is 0.0645. The molecule has 0 fully saturated rings. The lowest BCUT2D eigenvalue weighted by Gasteiger charge is -2.13. The number of hydrogen-bond donors (Lipinski definition) is 2. The van der Waals surface area contributed by atoms with E-state index in [1.807, 2.05) is 36.4 Å². The van der Waals surface area contributed by atoms with Crippen LogP contribution < -0.4 is 16.2 Å². The molecule has 3 aromatic heterocycles. The lowest BCUT2D eigenvalue weighted by molar-refractivity contribution is -0.383. The number of nitro groups is 1. The van der Waals surface area contributed by atoms with Gasteiger partial charge in [0.1, 0.15) is 10.5 Å². The van der Waals surface area contributed by atoms with Gasteiger partial charge in [-0.25, -0.2) is 9.97 Å². The topological polar surface area (TPSA) is 149 Å². The Balaban J connectivity index is 1.03. The lowest BCUT2D eigenvalue weighted by atomic mass is 9.97. The zero-order valence-corrected chi connectivity index (χ0v) is 28.4. The molecule has 2 N–H and O–H groups in total. The second-order valence-corrected chi connectivity index (χ2v) is 15.2. The number of nitrogens with zero attached hydrogens (tertiary/aromatic N) is 4. The molecule has 0 saturated carbocycles. The summed E-state index contributed by atoms with van der Waals surface area (Å²) in [6, 6.07) is 20.8. The van der Waals surface area contributed by atoms with Crippen molar-refractivity contribution in [1.29, 1.82) is 0 Å². The third-order valence-electron chi connectivity index (χ3n) is 7.66. The molecule has 3 heterocycles. The van der Waals surface area contributed by atoms with Crippen LogP contribution in [0.1, 0.15) is 23.3 Å². The number of thioether (sulfide) groups is 2. The summed E-state index contributed by atoms with van der Waals surface area (Å²) in [5.41, 5.74) is 3.01. The summed E-state index contributed by atoms with van der Waals surface area (Å²) >= 11 is 5.41. The highest BCUT2D eigenvalue weighted by Gasteiger charge is 2.23. The third-order valence-corrected chi connectivity index (χ3v) is 11.9. The molecule has 15 heteroatoms. The highest BCUT2D eigenvalue weighted by molar-refractivity contribution is 8.01. The Kier molecular flexibility index (Phi) is 9.26. The number of aromatic nitrogens is 3. The fourth-order valence-corrected chi connectivity index (χ4v) is 9.53. The number of nitrogens with one attached hydrogen (secondary N) is 2. The summed E-state index contributed by atoms with van der Waals surface area (Å²) in [7, 11) is 0. The summed E-state index contributed by atoms with van der Waals surface area (Å²) in [5.74, 6) is -0.560. The van der Waals surface area contributed by atoms with E-state index in [-0.39, 0.29) is 40.3 Å². The highest BCUT2D eigenvalue weighted by Crippen LogP contribution is 2.36. The summed E-state index contributed by atoms with van der Waals surface area (Å²) in [6.07, 6.45) is 4.03. The fourth-order valence-electron chi connectivity index (χ4n) is 5.51. The molecule has 0 spiro atoms. The first-order valence-electron chi connectivity index (χ1n) is 15.0. The molecular weight excluding hydrogens is 689 g/mol. The van der Waals surface area contributed by atoms with Gasteiger partial charge in [-0.15, -0.1) is 22.7 Å². The van der Waals surface area contributed by atoms with Gasteiger partial charge in [-0.3, -0.25) is 29.1 Å². The minimum atomic E-state index is -0.541. The molecule has 1 aliphatic carbocycles. The van der Waals surface area contributed by atoms with E-state index in [0.29, 0.717) is 26.3 Å². The average Bonchev–Trinajstić information content (AvgIpc) is 3.68. The summed E-state index contributed by atoms with van der Waals surface area (Å²) in [5, 5.41) is 17.9. The van der Waals surface area contributed by atoms with Gasteiger partial charge in [0.2, 0.25) is 11.8 Å². The molecule has 0 atom stereocenters. The second kappa shape index (κ2) is 13.9. The van der Waals surface area contributed by atoms with Crippen LogP contribution in [0.5, 0.6) is 0 Å². The van der Waals surface area contributed by atoms with Crippen LogP contribution in [0.15, 0.2) is 87.1 Å². The molecule has 0 unspecified atom stereocenters. The minimum absolute atomic E-state index is 0.0225. The predicted molar refractivity (Wildman–Crippen MR) is 193 cm³/mol. The number of fused-ring (bicyclic) bond motifs is 4. The van der Waals surface area contributed by atoms with Gasteiger partial charge in [-0.2, -0.15) is 0 Å². The standard InChI is InChI=1S/C33H26N6O5S4/c40-27(17-45-32-37-30-29(21-10-4-7-13-25(21)47-30)31(42)38(32)20-8-2-1-3-9-20)34-19-14-15-23-26(16-19)48-33(36-23)46-18-28(41)35-22-11-5-6-12-24(22)39(43)44/h1-3,5-6,8-9,11-12,14-16H,4,7,10,13,17-18H2,(H,34,40)(H,35,41). The zero-order chi connectivity index (χ0) is 33.2. The normalized spacial score (nSPS) is 12.6. The Labute approximate surface area is 290 Å². The van der Waals surface area contributed by atoms with Crippen molar-refractivity contribution in [2.24, 2.45) is 0 Å². The number of hydrogen-bond acceptors (Lipinski definition) is 11. The van der Waals surface area contributed by atoms with E-state index >= 15 is 0 Å². The van der Waals surface area contributed by atoms with Crippen molar-refractivity contribution in [1.82, 2.24) is 14.5 Å². The van der Waals surface area contributed by atoms with Gasteiger partial charge in [-0.05, 0) is 67.6 Å².